The van der Waals surface area contributed by atoms with Gasteiger partial charge in [-0.25, -0.2) is 0 Å². The highest BCUT2D eigenvalue weighted by Crippen LogP contribution is 2.33. The molecule has 1 aliphatic heterocycles. The van der Waals surface area contributed by atoms with E-state index in [4.69, 9.17) is 5.26 Å². The van der Waals surface area contributed by atoms with Crippen LogP contribution in [0, 0.1) is 17.2 Å². The summed E-state index contributed by atoms with van der Waals surface area (Å²) in [6.07, 6.45) is -4.17. The fourth-order valence-electron chi connectivity index (χ4n) is 1.65. The predicted octanol–water partition coefficient (Wildman–Crippen LogP) is 1.70. The molecule has 1 atom stereocenters. The number of nitrogens with zero attached hydrogens (tertiary/aromatic N) is 2. The lowest BCUT2D eigenvalue weighted by Gasteiger charge is -2.33. The molecule has 1 rings (SSSR count). The van der Waals surface area contributed by atoms with E-state index in [1.165, 1.54) is 0 Å². The van der Waals surface area contributed by atoms with Crippen LogP contribution < -0.4 is 0 Å². The van der Waals surface area contributed by atoms with E-state index in [-0.39, 0.29) is 19.4 Å². The quantitative estimate of drug-likeness (QED) is 0.675. The molecule has 1 heterocycles. The average Bonchev–Trinajstić information content (AvgIpc) is 2.17. The Hall–Kier alpha value is -1.25. The third-order valence-electron chi connectivity index (χ3n) is 2.47. The summed E-state index contributed by atoms with van der Waals surface area (Å²) < 4.78 is 37.1. The highest BCUT2D eigenvalue weighted by Gasteiger charge is 2.42. The minimum absolute atomic E-state index is 0.0693. The summed E-state index contributed by atoms with van der Waals surface area (Å²) >= 11 is 0. The van der Waals surface area contributed by atoms with Gasteiger partial charge in [-0.15, -0.1) is 0 Å². The molecule has 0 radical (unpaired) electrons. The van der Waals surface area contributed by atoms with Crippen LogP contribution in [0.3, 0.4) is 0 Å². The first kappa shape index (κ1) is 11.8. The van der Waals surface area contributed by atoms with Crippen molar-refractivity contribution in [2.75, 3.05) is 13.1 Å². The van der Waals surface area contributed by atoms with Crippen molar-refractivity contribution in [3.63, 3.8) is 0 Å². The van der Waals surface area contributed by atoms with Gasteiger partial charge in [0.15, 0.2) is 0 Å². The fourth-order valence-corrected chi connectivity index (χ4v) is 1.65. The molecule has 0 spiro atoms. The minimum atomic E-state index is -4.24. The van der Waals surface area contributed by atoms with E-state index >= 15 is 0 Å². The molecule has 15 heavy (non-hydrogen) atoms. The molecule has 1 amide bonds. The molecule has 0 aliphatic carbocycles. The number of rotatable bonds is 1. The molecule has 0 unspecified atom stereocenters. The molecule has 0 N–H and O–H groups in total. The summed E-state index contributed by atoms with van der Waals surface area (Å²) in [5.74, 6) is -1.94. The molecule has 1 aliphatic rings. The summed E-state index contributed by atoms with van der Waals surface area (Å²) in [6, 6.07) is 1.65. The molecule has 1 saturated heterocycles. The van der Waals surface area contributed by atoms with Crippen LogP contribution in [0.15, 0.2) is 0 Å². The van der Waals surface area contributed by atoms with Gasteiger partial charge in [-0.1, -0.05) is 0 Å². The number of halogens is 3. The maximum Gasteiger partial charge on any atom is 0.393 e. The van der Waals surface area contributed by atoms with E-state index in [0.717, 1.165) is 4.90 Å². The zero-order valence-corrected chi connectivity index (χ0v) is 8.05. The first-order valence-corrected chi connectivity index (χ1v) is 4.66. The van der Waals surface area contributed by atoms with Crippen LogP contribution >= 0.6 is 0 Å². The molecule has 0 aromatic carbocycles. The zero-order chi connectivity index (χ0) is 11.5. The first-order chi connectivity index (χ1) is 6.95. The van der Waals surface area contributed by atoms with Gasteiger partial charge in [0.25, 0.3) is 0 Å². The third kappa shape index (κ3) is 3.11. The number of likely N-dealkylation sites (tertiary alicyclic amines) is 1. The zero-order valence-electron chi connectivity index (χ0n) is 8.05. The van der Waals surface area contributed by atoms with Crippen LogP contribution in [0.25, 0.3) is 0 Å². The Morgan fingerprint density at radius 2 is 2.20 bits per heavy atom. The molecule has 0 aromatic rings. The standard InChI is InChI=1S/C9H11F3N2O/c10-9(11,12)7-2-1-5-14(6-7)8(15)3-4-13/h7H,1-3,5-6H2/t7-/m1/s1. The normalized spacial score (nSPS) is 22.3. The lowest BCUT2D eigenvalue weighted by atomic mass is 9.97. The average molecular weight is 220 g/mol. The third-order valence-corrected chi connectivity index (χ3v) is 2.47. The fraction of sp³-hybridized carbons (Fsp3) is 0.778. The van der Waals surface area contributed by atoms with Gasteiger partial charge in [0.1, 0.15) is 6.42 Å². The summed E-state index contributed by atoms with van der Waals surface area (Å²) in [6.45, 7) is 0.0249. The Labute approximate surface area is 85.5 Å². The van der Waals surface area contributed by atoms with Gasteiger partial charge < -0.3 is 4.90 Å². The van der Waals surface area contributed by atoms with Crippen LogP contribution in [-0.4, -0.2) is 30.1 Å². The Balaban J connectivity index is 2.57. The van der Waals surface area contributed by atoms with Crippen molar-refractivity contribution in [2.24, 2.45) is 5.92 Å². The number of nitriles is 1. The second kappa shape index (κ2) is 4.51. The summed E-state index contributed by atoms with van der Waals surface area (Å²) in [4.78, 5) is 12.3. The Bertz CT molecular complexity index is 282. The van der Waals surface area contributed by atoms with Crippen LogP contribution in [0.4, 0.5) is 13.2 Å². The lowest BCUT2D eigenvalue weighted by molar-refractivity contribution is -0.187. The minimum Gasteiger partial charge on any atom is -0.341 e. The molecule has 3 nitrogen and oxygen atoms in total. The van der Waals surface area contributed by atoms with E-state index in [1.807, 2.05) is 0 Å². The number of amides is 1. The van der Waals surface area contributed by atoms with E-state index < -0.39 is 18.0 Å². The maximum absolute atomic E-state index is 12.4. The smallest absolute Gasteiger partial charge is 0.341 e. The number of piperidine rings is 1. The monoisotopic (exact) mass is 220 g/mol. The maximum atomic E-state index is 12.4. The van der Waals surface area contributed by atoms with Crippen LogP contribution in [-0.2, 0) is 4.79 Å². The highest BCUT2D eigenvalue weighted by atomic mass is 19.4. The predicted molar refractivity (Wildman–Crippen MR) is 45.6 cm³/mol. The molecular weight excluding hydrogens is 209 g/mol. The molecule has 0 bridgehead atoms. The number of alkyl halides is 3. The summed E-state index contributed by atoms with van der Waals surface area (Å²) in [5.41, 5.74) is 0. The number of carbonyl (C=O) groups excluding carboxylic acids is 1. The molecule has 84 valence electrons. The van der Waals surface area contributed by atoms with Crippen molar-refractivity contribution in [1.29, 1.82) is 5.26 Å². The van der Waals surface area contributed by atoms with Crippen LogP contribution in [0.1, 0.15) is 19.3 Å². The van der Waals surface area contributed by atoms with Crippen LogP contribution in [0.5, 0.6) is 0 Å². The SMILES string of the molecule is N#CCC(=O)N1CCC[C@@H](C(F)(F)F)C1. The number of hydrogen-bond donors (Lipinski definition) is 0. The van der Waals surface area contributed by atoms with Gasteiger partial charge in [0.05, 0.1) is 12.0 Å². The second-order valence-corrected chi connectivity index (χ2v) is 3.56. The topological polar surface area (TPSA) is 44.1 Å². The van der Waals surface area contributed by atoms with Crippen molar-refractivity contribution in [1.82, 2.24) is 4.90 Å². The van der Waals surface area contributed by atoms with Crippen molar-refractivity contribution in [3.8, 4) is 6.07 Å². The van der Waals surface area contributed by atoms with Crippen molar-refractivity contribution in [3.05, 3.63) is 0 Å². The largest absolute Gasteiger partial charge is 0.393 e. The van der Waals surface area contributed by atoms with Gasteiger partial charge in [0.2, 0.25) is 5.91 Å². The van der Waals surface area contributed by atoms with Crippen molar-refractivity contribution < 1.29 is 18.0 Å². The second-order valence-electron chi connectivity index (χ2n) is 3.56. The molecular formula is C9H11F3N2O. The Morgan fingerprint density at radius 1 is 1.53 bits per heavy atom. The van der Waals surface area contributed by atoms with Gasteiger partial charge >= 0.3 is 6.18 Å². The van der Waals surface area contributed by atoms with E-state index in [2.05, 4.69) is 0 Å². The van der Waals surface area contributed by atoms with Crippen molar-refractivity contribution in [2.45, 2.75) is 25.4 Å². The summed E-state index contributed by atoms with van der Waals surface area (Å²) in [7, 11) is 0. The van der Waals surface area contributed by atoms with Gasteiger partial charge in [-0.2, -0.15) is 18.4 Å². The number of hydrogen-bond acceptors (Lipinski definition) is 2. The molecule has 0 aromatic heterocycles. The lowest BCUT2D eigenvalue weighted by Crippen LogP contribution is -2.44. The highest BCUT2D eigenvalue weighted by molar-refractivity contribution is 5.78. The van der Waals surface area contributed by atoms with E-state index in [1.54, 1.807) is 6.07 Å². The van der Waals surface area contributed by atoms with Gasteiger partial charge in [0, 0.05) is 13.1 Å². The molecule has 6 heteroatoms. The van der Waals surface area contributed by atoms with Crippen molar-refractivity contribution >= 4 is 5.91 Å². The van der Waals surface area contributed by atoms with Gasteiger partial charge in [-0.3, -0.25) is 4.79 Å². The van der Waals surface area contributed by atoms with Crippen LogP contribution in [0.2, 0.25) is 0 Å². The molecule has 0 saturated carbocycles. The Kier molecular flexibility index (Phi) is 3.56. The molecule has 1 fully saturated rings. The summed E-state index contributed by atoms with van der Waals surface area (Å²) in [5, 5.41) is 8.27. The Morgan fingerprint density at radius 3 is 2.73 bits per heavy atom. The number of carbonyl (C=O) groups is 1. The van der Waals surface area contributed by atoms with Gasteiger partial charge in [-0.05, 0) is 12.8 Å². The first-order valence-electron chi connectivity index (χ1n) is 4.66. The van der Waals surface area contributed by atoms with E-state index in [0.29, 0.717) is 13.0 Å². The van der Waals surface area contributed by atoms with E-state index in [9.17, 15) is 18.0 Å².